The number of benzene rings is 2. The fraction of sp³-hybridized carbons (Fsp3) is 0.320. The van der Waals surface area contributed by atoms with Gasteiger partial charge in [-0.2, -0.15) is 0 Å². The van der Waals surface area contributed by atoms with Crippen LogP contribution in [0.4, 0.5) is 13.9 Å². The van der Waals surface area contributed by atoms with E-state index in [4.69, 9.17) is 0 Å². The van der Waals surface area contributed by atoms with Gasteiger partial charge in [0, 0.05) is 35.6 Å². The summed E-state index contributed by atoms with van der Waals surface area (Å²) in [6, 6.07) is 10.8. The minimum absolute atomic E-state index is 0.0660. The lowest BCUT2D eigenvalue weighted by molar-refractivity contribution is -0.121. The van der Waals surface area contributed by atoms with Crippen LogP contribution in [0.1, 0.15) is 35.7 Å². The molecule has 9 heteroatoms. The van der Waals surface area contributed by atoms with Gasteiger partial charge in [-0.1, -0.05) is 18.2 Å². The summed E-state index contributed by atoms with van der Waals surface area (Å²) in [4.78, 5) is 31.7. The molecule has 6 nitrogen and oxygen atoms in total. The molecule has 2 amide bonds. The van der Waals surface area contributed by atoms with Crippen molar-refractivity contribution in [3.63, 3.8) is 0 Å². The summed E-state index contributed by atoms with van der Waals surface area (Å²) in [6.45, 7) is 5.13. The molecular formula is C25H26F2N4O2S. The van der Waals surface area contributed by atoms with Gasteiger partial charge < -0.3 is 10.6 Å². The Morgan fingerprint density at radius 1 is 1.12 bits per heavy atom. The Morgan fingerprint density at radius 2 is 1.85 bits per heavy atom. The monoisotopic (exact) mass is 484 g/mol. The first kappa shape index (κ1) is 24.0. The van der Waals surface area contributed by atoms with Crippen LogP contribution in [0.3, 0.4) is 0 Å². The van der Waals surface area contributed by atoms with Crippen LogP contribution >= 0.6 is 11.3 Å². The zero-order valence-electron chi connectivity index (χ0n) is 19.0. The number of aryl methyl sites for hydroxylation is 1. The van der Waals surface area contributed by atoms with Gasteiger partial charge in [0.1, 0.15) is 0 Å². The number of piperidine rings is 1. The van der Waals surface area contributed by atoms with Gasteiger partial charge in [-0.3, -0.25) is 14.5 Å². The van der Waals surface area contributed by atoms with Gasteiger partial charge in [0.15, 0.2) is 16.8 Å². The highest BCUT2D eigenvalue weighted by atomic mass is 32.1. The third-order valence-electron chi connectivity index (χ3n) is 6.13. The first-order valence-electron chi connectivity index (χ1n) is 11.1. The third kappa shape index (κ3) is 5.48. The lowest BCUT2D eigenvalue weighted by Gasteiger charge is -2.35. The molecule has 2 heterocycles. The quantitative estimate of drug-likeness (QED) is 0.536. The summed E-state index contributed by atoms with van der Waals surface area (Å²) in [5, 5.41) is 8.01. The van der Waals surface area contributed by atoms with Crippen molar-refractivity contribution in [2.45, 2.75) is 38.8 Å². The Labute approximate surface area is 201 Å². The molecule has 34 heavy (non-hydrogen) atoms. The fourth-order valence-corrected chi connectivity index (χ4v) is 4.74. The summed E-state index contributed by atoms with van der Waals surface area (Å²) in [5.41, 5.74) is 2.54. The maximum atomic E-state index is 13.5. The van der Waals surface area contributed by atoms with E-state index in [0.717, 1.165) is 30.5 Å². The summed E-state index contributed by atoms with van der Waals surface area (Å²) in [6.07, 6.45) is 1.51. The molecule has 1 aliphatic heterocycles. The van der Waals surface area contributed by atoms with Gasteiger partial charge in [0.2, 0.25) is 5.91 Å². The summed E-state index contributed by atoms with van der Waals surface area (Å²) in [7, 11) is 0. The van der Waals surface area contributed by atoms with E-state index in [1.54, 1.807) is 5.38 Å². The molecule has 0 bridgehead atoms. The number of amides is 2. The summed E-state index contributed by atoms with van der Waals surface area (Å²) < 4.78 is 26.7. The third-order valence-corrected chi connectivity index (χ3v) is 6.89. The SMILES string of the molecule is Cc1ccccc1C(=O)NC1CCN(C(C)C(=O)Nc2nc(-c3ccc(F)c(F)c3)cs2)CC1. The second kappa shape index (κ2) is 10.4. The van der Waals surface area contributed by atoms with Gasteiger partial charge in [-0.05, 0) is 56.5 Å². The maximum Gasteiger partial charge on any atom is 0.251 e. The van der Waals surface area contributed by atoms with Crippen molar-refractivity contribution in [1.82, 2.24) is 15.2 Å². The Kier molecular flexibility index (Phi) is 7.33. The molecular weight excluding hydrogens is 458 g/mol. The number of rotatable bonds is 6. The van der Waals surface area contributed by atoms with E-state index in [1.807, 2.05) is 38.1 Å². The van der Waals surface area contributed by atoms with Gasteiger partial charge in [-0.15, -0.1) is 11.3 Å². The molecule has 1 atom stereocenters. The molecule has 1 aliphatic rings. The number of nitrogens with one attached hydrogen (secondary N) is 2. The number of hydrogen-bond acceptors (Lipinski definition) is 5. The van der Waals surface area contributed by atoms with Crippen molar-refractivity contribution in [1.29, 1.82) is 0 Å². The lowest BCUT2D eigenvalue weighted by Crippen LogP contribution is -2.50. The Hall–Kier alpha value is -3.17. The summed E-state index contributed by atoms with van der Waals surface area (Å²) in [5.74, 6) is -2.11. The minimum atomic E-state index is -0.941. The van der Waals surface area contributed by atoms with Gasteiger partial charge in [0.05, 0.1) is 11.7 Å². The van der Waals surface area contributed by atoms with E-state index in [2.05, 4.69) is 20.5 Å². The predicted molar refractivity (Wildman–Crippen MR) is 129 cm³/mol. The van der Waals surface area contributed by atoms with Crippen LogP contribution in [0.25, 0.3) is 11.3 Å². The number of nitrogens with zero attached hydrogens (tertiary/aromatic N) is 2. The number of likely N-dealkylation sites (tertiary alicyclic amines) is 1. The number of carbonyl (C=O) groups is 2. The Bertz CT molecular complexity index is 1190. The average Bonchev–Trinajstić information content (AvgIpc) is 3.29. The Morgan fingerprint density at radius 3 is 2.56 bits per heavy atom. The number of aromatic nitrogens is 1. The molecule has 178 valence electrons. The van der Waals surface area contributed by atoms with Gasteiger partial charge >= 0.3 is 0 Å². The van der Waals surface area contributed by atoms with Crippen LogP contribution in [0.2, 0.25) is 0 Å². The zero-order valence-corrected chi connectivity index (χ0v) is 19.8. The van der Waals surface area contributed by atoms with Crippen molar-refractivity contribution >= 4 is 28.3 Å². The second-order valence-electron chi connectivity index (χ2n) is 8.43. The van der Waals surface area contributed by atoms with Crippen LogP contribution in [0, 0.1) is 18.6 Å². The van der Waals surface area contributed by atoms with Gasteiger partial charge in [-0.25, -0.2) is 13.8 Å². The first-order chi connectivity index (χ1) is 16.3. The van der Waals surface area contributed by atoms with E-state index < -0.39 is 11.6 Å². The molecule has 1 fully saturated rings. The first-order valence-corrected chi connectivity index (χ1v) is 12.0. The predicted octanol–water partition coefficient (Wildman–Crippen LogP) is 4.62. The largest absolute Gasteiger partial charge is 0.349 e. The van der Waals surface area contributed by atoms with Crippen molar-refractivity contribution in [3.05, 3.63) is 70.6 Å². The van der Waals surface area contributed by atoms with E-state index >= 15 is 0 Å². The highest BCUT2D eigenvalue weighted by Gasteiger charge is 2.28. The maximum absolute atomic E-state index is 13.5. The van der Waals surface area contributed by atoms with E-state index in [-0.39, 0.29) is 23.9 Å². The number of thiazole rings is 1. The number of halogens is 2. The summed E-state index contributed by atoms with van der Waals surface area (Å²) >= 11 is 1.23. The highest BCUT2D eigenvalue weighted by molar-refractivity contribution is 7.14. The average molecular weight is 485 g/mol. The molecule has 1 unspecified atom stereocenters. The van der Waals surface area contributed by atoms with E-state index in [1.165, 1.54) is 17.4 Å². The van der Waals surface area contributed by atoms with Crippen LogP contribution < -0.4 is 10.6 Å². The molecule has 0 spiro atoms. The molecule has 0 radical (unpaired) electrons. The smallest absolute Gasteiger partial charge is 0.251 e. The number of carbonyl (C=O) groups excluding carboxylic acids is 2. The lowest BCUT2D eigenvalue weighted by atomic mass is 10.0. The van der Waals surface area contributed by atoms with Crippen molar-refractivity contribution in [3.8, 4) is 11.3 Å². The standard InChI is InChI=1S/C25H26F2N4O2S/c1-15-5-3-4-6-19(15)24(33)28-18-9-11-31(12-10-18)16(2)23(32)30-25-29-22(14-34-25)17-7-8-20(26)21(27)13-17/h3-8,13-14,16,18H,9-12H2,1-2H3,(H,28,33)(H,29,30,32). The zero-order chi connectivity index (χ0) is 24.2. The normalized spacial score (nSPS) is 15.6. The molecule has 3 aromatic rings. The second-order valence-corrected chi connectivity index (χ2v) is 9.29. The topological polar surface area (TPSA) is 74.3 Å². The molecule has 0 aliphatic carbocycles. The molecule has 4 rings (SSSR count). The van der Waals surface area contributed by atoms with E-state index in [0.29, 0.717) is 35.0 Å². The Balaban J connectivity index is 1.29. The molecule has 2 aromatic carbocycles. The fourth-order valence-electron chi connectivity index (χ4n) is 4.02. The van der Waals surface area contributed by atoms with Crippen LogP contribution in [0.5, 0.6) is 0 Å². The van der Waals surface area contributed by atoms with E-state index in [9.17, 15) is 18.4 Å². The molecule has 1 saturated heterocycles. The molecule has 1 aromatic heterocycles. The van der Waals surface area contributed by atoms with Crippen molar-refractivity contribution in [2.75, 3.05) is 18.4 Å². The minimum Gasteiger partial charge on any atom is -0.349 e. The molecule has 0 saturated carbocycles. The van der Waals surface area contributed by atoms with Crippen LogP contribution in [0.15, 0.2) is 47.8 Å². The van der Waals surface area contributed by atoms with Gasteiger partial charge in [0.25, 0.3) is 5.91 Å². The highest BCUT2D eigenvalue weighted by Crippen LogP contribution is 2.26. The van der Waals surface area contributed by atoms with Crippen molar-refractivity contribution in [2.24, 2.45) is 0 Å². The van der Waals surface area contributed by atoms with Crippen LogP contribution in [-0.2, 0) is 4.79 Å². The van der Waals surface area contributed by atoms with Crippen LogP contribution in [-0.4, -0.2) is 46.9 Å². The molecule has 2 N–H and O–H groups in total. The van der Waals surface area contributed by atoms with Crippen molar-refractivity contribution < 1.29 is 18.4 Å². The number of hydrogen-bond donors (Lipinski definition) is 2. The number of anilines is 1.